The third kappa shape index (κ3) is 5.08. The fraction of sp³-hybridized carbons (Fsp3) is 0.100. The number of halogens is 1. The predicted octanol–water partition coefficient (Wildman–Crippen LogP) is 4.14. The fourth-order valence-electron chi connectivity index (χ4n) is 2.44. The number of ether oxygens (including phenoxy) is 1. The van der Waals surface area contributed by atoms with E-state index in [0.717, 1.165) is 0 Å². The zero-order chi connectivity index (χ0) is 19.3. The smallest absolute Gasteiger partial charge is 0.240 e. The molecule has 0 aliphatic rings. The lowest BCUT2D eigenvalue weighted by Gasteiger charge is -2.14. The van der Waals surface area contributed by atoms with E-state index in [1.165, 1.54) is 12.1 Å². The van der Waals surface area contributed by atoms with Crippen molar-refractivity contribution < 1.29 is 18.3 Å². The van der Waals surface area contributed by atoms with E-state index in [-0.39, 0.29) is 11.4 Å². The summed E-state index contributed by atoms with van der Waals surface area (Å²) in [4.78, 5) is 0.0780. The van der Waals surface area contributed by atoms with Gasteiger partial charge in [0.1, 0.15) is 11.5 Å². The molecular formula is C20H18ClNO4S. The molecule has 0 aliphatic carbocycles. The van der Waals surface area contributed by atoms with Crippen LogP contribution in [0.3, 0.4) is 0 Å². The Kier molecular flexibility index (Phi) is 6.13. The summed E-state index contributed by atoms with van der Waals surface area (Å²) >= 11 is 6.02. The highest BCUT2D eigenvalue weighted by Gasteiger charge is 2.18. The Bertz CT molecular complexity index is 992. The van der Waals surface area contributed by atoms with Gasteiger partial charge in [0.15, 0.2) is 0 Å². The summed E-state index contributed by atoms with van der Waals surface area (Å²) in [6.07, 6.45) is -1.05. The Hall–Kier alpha value is -2.38. The summed E-state index contributed by atoms with van der Waals surface area (Å²) in [5, 5.41) is 10.6. The maximum absolute atomic E-state index is 12.4. The molecule has 3 aromatic rings. The first-order valence-corrected chi connectivity index (χ1v) is 10.1. The average Bonchev–Trinajstić information content (AvgIpc) is 2.68. The molecule has 0 fully saturated rings. The second-order valence-corrected chi connectivity index (χ2v) is 7.95. The van der Waals surface area contributed by atoms with Gasteiger partial charge in [0.2, 0.25) is 10.0 Å². The minimum atomic E-state index is -3.77. The van der Waals surface area contributed by atoms with Gasteiger partial charge in [-0.25, -0.2) is 13.1 Å². The van der Waals surface area contributed by atoms with Crippen molar-refractivity contribution in [2.45, 2.75) is 11.0 Å². The van der Waals surface area contributed by atoms with Crippen molar-refractivity contribution in [3.8, 4) is 11.5 Å². The first kappa shape index (κ1) is 19.4. The average molecular weight is 404 g/mol. The van der Waals surface area contributed by atoms with Crippen LogP contribution in [0.4, 0.5) is 0 Å². The molecule has 0 bridgehead atoms. The van der Waals surface area contributed by atoms with E-state index >= 15 is 0 Å². The maximum Gasteiger partial charge on any atom is 0.240 e. The minimum absolute atomic E-state index is 0.0780. The molecule has 27 heavy (non-hydrogen) atoms. The Morgan fingerprint density at radius 1 is 0.889 bits per heavy atom. The van der Waals surface area contributed by atoms with Gasteiger partial charge in [-0.05, 0) is 42.5 Å². The molecule has 1 unspecified atom stereocenters. The van der Waals surface area contributed by atoms with Gasteiger partial charge in [0, 0.05) is 17.1 Å². The first-order chi connectivity index (χ1) is 13.0. The molecule has 0 heterocycles. The highest BCUT2D eigenvalue weighted by molar-refractivity contribution is 7.89. The standard InChI is InChI=1S/C20H18ClNO4S/c21-19-9-5-4-8-18(19)20(23)14-22-27(24,25)17-12-10-16(11-13-17)26-15-6-2-1-3-7-15/h1-13,20,22-23H,14H2. The number of hydrogen-bond donors (Lipinski definition) is 2. The number of rotatable bonds is 7. The van der Waals surface area contributed by atoms with Gasteiger partial charge in [-0.2, -0.15) is 0 Å². The van der Waals surface area contributed by atoms with Crippen molar-refractivity contribution in [2.75, 3.05) is 6.54 Å². The van der Waals surface area contributed by atoms with E-state index in [2.05, 4.69) is 4.72 Å². The molecule has 0 spiro atoms. The van der Waals surface area contributed by atoms with Crippen LogP contribution >= 0.6 is 11.6 Å². The quantitative estimate of drug-likeness (QED) is 0.621. The molecule has 7 heteroatoms. The summed E-state index contributed by atoms with van der Waals surface area (Å²) in [5.74, 6) is 1.19. The van der Waals surface area contributed by atoms with Crippen LogP contribution in [-0.4, -0.2) is 20.1 Å². The normalized spacial score (nSPS) is 12.5. The monoisotopic (exact) mass is 403 g/mol. The molecule has 3 aromatic carbocycles. The van der Waals surface area contributed by atoms with Gasteiger partial charge in [0.05, 0.1) is 11.0 Å². The summed E-state index contributed by atoms with van der Waals surface area (Å²) in [6, 6.07) is 22.0. The van der Waals surface area contributed by atoms with E-state index in [0.29, 0.717) is 22.1 Å². The third-order valence-electron chi connectivity index (χ3n) is 3.84. The van der Waals surface area contributed by atoms with E-state index in [9.17, 15) is 13.5 Å². The number of benzene rings is 3. The van der Waals surface area contributed by atoms with Crippen molar-refractivity contribution in [2.24, 2.45) is 0 Å². The van der Waals surface area contributed by atoms with Crippen LogP contribution in [0.1, 0.15) is 11.7 Å². The summed E-state index contributed by atoms with van der Waals surface area (Å²) in [7, 11) is -3.77. The Morgan fingerprint density at radius 2 is 1.48 bits per heavy atom. The number of aliphatic hydroxyl groups excluding tert-OH is 1. The van der Waals surface area contributed by atoms with E-state index in [1.54, 1.807) is 36.4 Å². The first-order valence-electron chi connectivity index (χ1n) is 8.21. The second kappa shape index (κ2) is 8.54. The van der Waals surface area contributed by atoms with E-state index in [4.69, 9.17) is 16.3 Å². The molecule has 0 saturated heterocycles. The van der Waals surface area contributed by atoms with Crippen LogP contribution in [0.25, 0.3) is 0 Å². The van der Waals surface area contributed by atoms with Crippen LogP contribution in [0.2, 0.25) is 5.02 Å². The lowest BCUT2D eigenvalue weighted by Crippen LogP contribution is -2.28. The lowest BCUT2D eigenvalue weighted by molar-refractivity contribution is 0.182. The van der Waals surface area contributed by atoms with Crippen LogP contribution in [-0.2, 0) is 10.0 Å². The van der Waals surface area contributed by atoms with Crippen molar-refractivity contribution in [3.63, 3.8) is 0 Å². The zero-order valence-corrected chi connectivity index (χ0v) is 15.8. The molecule has 0 aliphatic heterocycles. The Morgan fingerprint density at radius 3 is 2.15 bits per heavy atom. The number of aliphatic hydroxyl groups is 1. The van der Waals surface area contributed by atoms with E-state index < -0.39 is 16.1 Å². The second-order valence-electron chi connectivity index (χ2n) is 5.78. The van der Waals surface area contributed by atoms with Crippen LogP contribution in [0, 0.1) is 0 Å². The van der Waals surface area contributed by atoms with Crippen molar-refractivity contribution >= 4 is 21.6 Å². The van der Waals surface area contributed by atoms with Gasteiger partial charge in [-0.15, -0.1) is 0 Å². The van der Waals surface area contributed by atoms with Crippen LogP contribution in [0.5, 0.6) is 11.5 Å². The largest absolute Gasteiger partial charge is 0.457 e. The molecule has 1 atom stereocenters. The van der Waals surface area contributed by atoms with Crippen LogP contribution < -0.4 is 9.46 Å². The highest BCUT2D eigenvalue weighted by Crippen LogP contribution is 2.24. The topological polar surface area (TPSA) is 75.6 Å². The summed E-state index contributed by atoms with van der Waals surface area (Å²) < 4.78 is 32.9. The molecule has 0 saturated carbocycles. The maximum atomic E-state index is 12.4. The number of nitrogens with one attached hydrogen (secondary N) is 1. The molecular weight excluding hydrogens is 386 g/mol. The van der Waals surface area contributed by atoms with Gasteiger partial charge in [-0.3, -0.25) is 0 Å². The zero-order valence-electron chi connectivity index (χ0n) is 14.2. The highest BCUT2D eigenvalue weighted by atomic mass is 35.5. The number of para-hydroxylation sites is 1. The van der Waals surface area contributed by atoms with Gasteiger partial charge in [0.25, 0.3) is 0 Å². The fourth-order valence-corrected chi connectivity index (χ4v) is 3.74. The lowest BCUT2D eigenvalue weighted by atomic mass is 10.1. The van der Waals surface area contributed by atoms with Crippen molar-refractivity contribution in [1.82, 2.24) is 4.72 Å². The van der Waals surface area contributed by atoms with Crippen molar-refractivity contribution in [3.05, 3.63) is 89.4 Å². The number of hydrogen-bond acceptors (Lipinski definition) is 4. The molecule has 0 aromatic heterocycles. The van der Waals surface area contributed by atoms with Crippen LogP contribution in [0.15, 0.2) is 83.8 Å². The predicted molar refractivity (Wildman–Crippen MR) is 105 cm³/mol. The molecule has 3 rings (SSSR count). The summed E-state index contributed by atoms with van der Waals surface area (Å²) in [5.41, 5.74) is 0.466. The molecule has 140 valence electrons. The SMILES string of the molecule is O=S(=O)(NCC(O)c1ccccc1Cl)c1ccc(Oc2ccccc2)cc1. The minimum Gasteiger partial charge on any atom is -0.457 e. The van der Waals surface area contributed by atoms with Gasteiger partial charge in [-0.1, -0.05) is 48.0 Å². The van der Waals surface area contributed by atoms with Gasteiger partial charge >= 0.3 is 0 Å². The Labute approximate surface area is 163 Å². The van der Waals surface area contributed by atoms with E-state index in [1.807, 2.05) is 30.3 Å². The molecule has 5 nitrogen and oxygen atoms in total. The number of sulfonamides is 1. The molecule has 0 amide bonds. The molecule has 0 radical (unpaired) electrons. The molecule has 2 N–H and O–H groups in total. The Balaban J connectivity index is 1.65. The van der Waals surface area contributed by atoms with Crippen molar-refractivity contribution in [1.29, 1.82) is 0 Å². The van der Waals surface area contributed by atoms with Gasteiger partial charge < -0.3 is 9.84 Å². The third-order valence-corrected chi connectivity index (χ3v) is 5.63. The summed E-state index contributed by atoms with van der Waals surface area (Å²) in [6.45, 7) is -0.186.